The predicted molar refractivity (Wildman–Crippen MR) is 94.2 cm³/mol. The Labute approximate surface area is 140 Å². The van der Waals surface area contributed by atoms with Gasteiger partial charge in [0, 0.05) is 22.2 Å². The number of nitro benzene ring substituents is 1. The minimum absolute atomic E-state index is 0.177. The molecule has 0 radical (unpaired) electrons. The van der Waals surface area contributed by atoms with Gasteiger partial charge in [0.15, 0.2) is 0 Å². The minimum atomic E-state index is -0.319. The molecule has 3 rings (SSSR count). The molecular formula is C15H15IN2O2S. The fourth-order valence-corrected chi connectivity index (χ4v) is 4.89. The van der Waals surface area contributed by atoms with E-state index in [2.05, 4.69) is 34.0 Å². The maximum absolute atomic E-state index is 11.0. The number of anilines is 1. The molecular weight excluding hydrogens is 399 g/mol. The highest BCUT2D eigenvalue weighted by atomic mass is 127. The van der Waals surface area contributed by atoms with Crippen molar-refractivity contribution in [2.75, 3.05) is 5.32 Å². The first-order valence-corrected chi connectivity index (χ1v) is 8.74. The van der Waals surface area contributed by atoms with Crippen molar-refractivity contribution in [3.8, 4) is 0 Å². The SMILES string of the molecule is Cc1ccc(NC2CCCc3sc(I)cc32)cc1[N+](=O)[O-]. The Hall–Kier alpha value is -1.15. The van der Waals surface area contributed by atoms with Crippen LogP contribution in [-0.4, -0.2) is 4.92 Å². The molecule has 0 bridgehead atoms. The second-order valence-corrected chi connectivity index (χ2v) is 8.31. The van der Waals surface area contributed by atoms with Crippen molar-refractivity contribution < 1.29 is 4.92 Å². The molecule has 1 atom stereocenters. The Kier molecular flexibility index (Phi) is 4.17. The zero-order chi connectivity index (χ0) is 15.0. The molecule has 1 N–H and O–H groups in total. The number of halogens is 1. The molecule has 0 fully saturated rings. The number of rotatable bonds is 3. The summed E-state index contributed by atoms with van der Waals surface area (Å²) >= 11 is 4.21. The Morgan fingerprint density at radius 1 is 1.43 bits per heavy atom. The lowest BCUT2D eigenvalue weighted by atomic mass is 9.94. The lowest BCUT2D eigenvalue weighted by Crippen LogP contribution is -2.15. The number of thiophene rings is 1. The van der Waals surface area contributed by atoms with Crippen LogP contribution in [0.5, 0.6) is 0 Å². The Morgan fingerprint density at radius 3 is 3.00 bits per heavy atom. The van der Waals surface area contributed by atoms with E-state index in [9.17, 15) is 10.1 Å². The molecule has 4 nitrogen and oxygen atoms in total. The Bertz CT molecular complexity index is 699. The number of nitrogens with one attached hydrogen (secondary N) is 1. The molecule has 1 aliphatic carbocycles. The van der Waals surface area contributed by atoms with E-state index in [4.69, 9.17) is 0 Å². The zero-order valence-electron chi connectivity index (χ0n) is 11.6. The van der Waals surface area contributed by atoms with E-state index in [1.807, 2.05) is 23.5 Å². The standard InChI is InChI=1S/C15H15IN2O2S/c1-9-5-6-10(7-13(9)18(19)20)17-12-3-2-4-14-11(12)8-15(16)21-14/h5-8,12,17H,2-4H2,1H3. The fraction of sp³-hybridized carbons (Fsp3) is 0.333. The third-order valence-electron chi connectivity index (χ3n) is 3.83. The first-order valence-electron chi connectivity index (χ1n) is 6.84. The smallest absolute Gasteiger partial charge is 0.274 e. The molecule has 1 unspecified atom stereocenters. The van der Waals surface area contributed by atoms with Crippen molar-refractivity contribution in [2.45, 2.75) is 32.2 Å². The number of aryl methyl sites for hydroxylation is 2. The summed E-state index contributed by atoms with van der Waals surface area (Å²) in [6.07, 6.45) is 3.38. The summed E-state index contributed by atoms with van der Waals surface area (Å²) in [4.78, 5) is 12.2. The molecule has 1 aliphatic rings. The highest BCUT2D eigenvalue weighted by Gasteiger charge is 2.23. The minimum Gasteiger partial charge on any atom is -0.378 e. The zero-order valence-corrected chi connectivity index (χ0v) is 14.5. The summed E-state index contributed by atoms with van der Waals surface area (Å²) < 4.78 is 1.31. The van der Waals surface area contributed by atoms with Crippen LogP contribution in [0.1, 0.15) is 34.9 Å². The van der Waals surface area contributed by atoms with Crippen LogP contribution in [0.25, 0.3) is 0 Å². The quantitative estimate of drug-likeness (QED) is 0.434. The molecule has 110 valence electrons. The van der Waals surface area contributed by atoms with E-state index in [1.54, 1.807) is 13.0 Å². The van der Waals surface area contributed by atoms with Crippen molar-refractivity contribution in [3.63, 3.8) is 0 Å². The van der Waals surface area contributed by atoms with Gasteiger partial charge in [0.05, 0.1) is 13.8 Å². The van der Waals surface area contributed by atoms with Crippen LogP contribution in [0.4, 0.5) is 11.4 Å². The third-order valence-corrected chi connectivity index (χ3v) is 5.80. The monoisotopic (exact) mass is 414 g/mol. The topological polar surface area (TPSA) is 55.2 Å². The van der Waals surface area contributed by atoms with Gasteiger partial charge in [0.1, 0.15) is 0 Å². The first-order chi connectivity index (χ1) is 10.0. The summed E-state index contributed by atoms with van der Waals surface area (Å²) in [5.74, 6) is 0. The molecule has 21 heavy (non-hydrogen) atoms. The van der Waals surface area contributed by atoms with Gasteiger partial charge in [0.25, 0.3) is 5.69 Å². The summed E-state index contributed by atoms with van der Waals surface area (Å²) in [6.45, 7) is 1.77. The second kappa shape index (κ2) is 5.92. The van der Waals surface area contributed by atoms with Crippen molar-refractivity contribution in [1.82, 2.24) is 0 Å². The number of fused-ring (bicyclic) bond motifs is 1. The van der Waals surface area contributed by atoms with Crippen LogP contribution in [-0.2, 0) is 6.42 Å². The largest absolute Gasteiger partial charge is 0.378 e. The molecule has 1 heterocycles. The van der Waals surface area contributed by atoms with Crippen LogP contribution < -0.4 is 5.32 Å². The van der Waals surface area contributed by atoms with E-state index in [-0.39, 0.29) is 16.7 Å². The normalized spacial score (nSPS) is 17.3. The summed E-state index contributed by atoms with van der Waals surface area (Å²) in [7, 11) is 0. The number of hydrogen-bond donors (Lipinski definition) is 1. The molecule has 0 aliphatic heterocycles. The lowest BCUT2D eigenvalue weighted by Gasteiger charge is -2.24. The van der Waals surface area contributed by atoms with Gasteiger partial charge in [-0.15, -0.1) is 11.3 Å². The highest BCUT2D eigenvalue weighted by Crippen LogP contribution is 2.38. The molecule has 1 aromatic carbocycles. The van der Waals surface area contributed by atoms with Crippen LogP contribution in [0, 0.1) is 19.9 Å². The van der Waals surface area contributed by atoms with Crippen molar-refractivity contribution in [3.05, 3.63) is 53.3 Å². The number of benzene rings is 1. The highest BCUT2D eigenvalue weighted by molar-refractivity contribution is 14.1. The van der Waals surface area contributed by atoms with Gasteiger partial charge < -0.3 is 5.32 Å². The van der Waals surface area contributed by atoms with E-state index in [0.717, 1.165) is 24.9 Å². The van der Waals surface area contributed by atoms with Gasteiger partial charge >= 0.3 is 0 Å². The van der Waals surface area contributed by atoms with Crippen molar-refractivity contribution in [1.29, 1.82) is 0 Å². The summed E-state index contributed by atoms with van der Waals surface area (Å²) in [6, 6.07) is 7.87. The first kappa shape index (κ1) is 14.8. The van der Waals surface area contributed by atoms with Gasteiger partial charge in [-0.2, -0.15) is 0 Å². The molecule has 0 saturated heterocycles. The summed E-state index contributed by atoms with van der Waals surface area (Å²) in [5, 5.41) is 14.5. The van der Waals surface area contributed by atoms with Crippen molar-refractivity contribution in [2.24, 2.45) is 0 Å². The van der Waals surface area contributed by atoms with Gasteiger partial charge in [-0.25, -0.2) is 0 Å². The molecule has 1 aromatic heterocycles. The maximum Gasteiger partial charge on any atom is 0.274 e. The van der Waals surface area contributed by atoms with Crippen LogP contribution in [0.15, 0.2) is 24.3 Å². The van der Waals surface area contributed by atoms with Gasteiger partial charge in [-0.3, -0.25) is 10.1 Å². The fourth-order valence-electron chi connectivity index (χ4n) is 2.77. The van der Waals surface area contributed by atoms with Gasteiger partial charge in [0.2, 0.25) is 0 Å². The van der Waals surface area contributed by atoms with Gasteiger partial charge in [-0.05, 0) is 66.5 Å². The number of nitrogens with zero attached hydrogens (tertiary/aromatic N) is 1. The maximum atomic E-state index is 11.0. The number of hydrogen-bond acceptors (Lipinski definition) is 4. The third kappa shape index (κ3) is 3.06. The van der Waals surface area contributed by atoms with E-state index >= 15 is 0 Å². The second-order valence-electron chi connectivity index (χ2n) is 5.28. The molecule has 6 heteroatoms. The Balaban J connectivity index is 1.88. The van der Waals surface area contributed by atoms with Crippen LogP contribution in [0.2, 0.25) is 0 Å². The van der Waals surface area contributed by atoms with E-state index in [0.29, 0.717) is 5.56 Å². The molecule has 0 spiro atoms. The number of nitro groups is 1. The van der Waals surface area contributed by atoms with Crippen molar-refractivity contribution >= 4 is 45.3 Å². The predicted octanol–water partition coefficient (Wildman–Crippen LogP) is 5.06. The van der Waals surface area contributed by atoms with Gasteiger partial charge in [-0.1, -0.05) is 6.07 Å². The molecule has 0 saturated carbocycles. The van der Waals surface area contributed by atoms with Crippen LogP contribution in [0.3, 0.4) is 0 Å². The summed E-state index contributed by atoms with van der Waals surface area (Å²) in [5.41, 5.74) is 3.06. The molecule has 2 aromatic rings. The van der Waals surface area contributed by atoms with E-state index in [1.165, 1.54) is 13.3 Å². The lowest BCUT2D eigenvalue weighted by molar-refractivity contribution is -0.385. The average molecular weight is 414 g/mol. The molecule has 0 amide bonds. The Morgan fingerprint density at radius 2 is 2.24 bits per heavy atom. The van der Waals surface area contributed by atoms with Crippen LogP contribution >= 0.6 is 33.9 Å². The van der Waals surface area contributed by atoms with E-state index < -0.39 is 0 Å². The average Bonchev–Trinajstić information content (AvgIpc) is 2.82.